The summed E-state index contributed by atoms with van der Waals surface area (Å²) >= 11 is 0. The summed E-state index contributed by atoms with van der Waals surface area (Å²) in [5.41, 5.74) is 7.97. The molecular weight excluding hydrogens is 268 g/mol. The molecule has 2 aromatic carbocycles. The zero-order valence-corrected chi connectivity index (χ0v) is 11.4. The number of fused-ring (bicyclic) bond motifs is 1. The lowest BCUT2D eigenvalue weighted by Gasteiger charge is -2.10. The Bertz CT molecular complexity index is 808. The van der Waals surface area contributed by atoms with Crippen molar-refractivity contribution in [3.63, 3.8) is 0 Å². The zero-order chi connectivity index (χ0) is 14.8. The number of benzene rings is 2. The normalized spacial score (nSPS) is 10.5. The van der Waals surface area contributed by atoms with E-state index in [2.05, 4.69) is 5.32 Å². The van der Waals surface area contributed by atoms with Gasteiger partial charge in [-0.05, 0) is 18.2 Å². The van der Waals surface area contributed by atoms with Crippen molar-refractivity contribution in [1.82, 2.24) is 0 Å². The monoisotopic (exact) mass is 282 g/mol. The Labute approximate surface area is 121 Å². The van der Waals surface area contributed by atoms with Crippen molar-refractivity contribution in [3.8, 4) is 5.75 Å². The van der Waals surface area contributed by atoms with Gasteiger partial charge in [0.05, 0.1) is 18.4 Å². The average Bonchev–Trinajstić information content (AvgIpc) is 2.93. The van der Waals surface area contributed by atoms with Gasteiger partial charge in [-0.2, -0.15) is 0 Å². The van der Waals surface area contributed by atoms with Gasteiger partial charge in [0, 0.05) is 17.1 Å². The van der Waals surface area contributed by atoms with Crippen molar-refractivity contribution in [3.05, 3.63) is 54.3 Å². The maximum atomic E-state index is 12.4. The second-order valence-electron chi connectivity index (χ2n) is 4.56. The first kappa shape index (κ1) is 13.1. The van der Waals surface area contributed by atoms with E-state index < -0.39 is 0 Å². The van der Waals surface area contributed by atoms with Crippen LogP contribution in [0.15, 0.2) is 53.1 Å². The smallest absolute Gasteiger partial charge is 0.259 e. The van der Waals surface area contributed by atoms with E-state index in [0.717, 1.165) is 5.39 Å². The summed E-state index contributed by atoms with van der Waals surface area (Å²) in [6, 6.07) is 12.4. The number of methoxy groups -OCH3 is 1. The minimum atomic E-state index is -0.261. The number of nitrogen functional groups attached to an aromatic ring is 1. The fraction of sp³-hybridized carbons (Fsp3) is 0.0625. The molecule has 0 aliphatic rings. The molecule has 0 fully saturated rings. The molecule has 0 saturated heterocycles. The summed E-state index contributed by atoms with van der Waals surface area (Å²) in [6.45, 7) is 0. The lowest BCUT2D eigenvalue weighted by atomic mass is 10.1. The second-order valence-corrected chi connectivity index (χ2v) is 4.56. The second kappa shape index (κ2) is 5.20. The Morgan fingerprint density at radius 3 is 2.86 bits per heavy atom. The first-order valence-electron chi connectivity index (χ1n) is 6.40. The first-order chi connectivity index (χ1) is 10.2. The van der Waals surface area contributed by atoms with Crippen LogP contribution < -0.4 is 15.8 Å². The Hall–Kier alpha value is -2.95. The van der Waals surface area contributed by atoms with Crippen LogP contribution in [0.1, 0.15) is 10.4 Å². The van der Waals surface area contributed by atoms with Gasteiger partial charge in [-0.3, -0.25) is 4.79 Å². The molecule has 0 aliphatic heterocycles. The van der Waals surface area contributed by atoms with Gasteiger partial charge in [0.15, 0.2) is 0 Å². The molecule has 0 atom stereocenters. The number of hydrogen-bond donors (Lipinski definition) is 2. The predicted molar refractivity (Wildman–Crippen MR) is 81.6 cm³/mol. The maximum absolute atomic E-state index is 12.4. The zero-order valence-electron chi connectivity index (χ0n) is 11.4. The van der Waals surface area contributed by atoms with Gasteiger partial charge in [0.25, 0.3) is 5.91 Å². The molecule has 5 heteroatoms. The van der Waals surface area contributed by atoms with Crippen LogP contribution in [0.4, 0.5) is 11.4 Å². The third kappa shape index (κ3) is 2.41. The molecule has 0 aliphatic carbocycles. The van der Waals surface area contributed by atoms with E-state index >= 15 is 0 Å². The molecule has 0 radical (unpaired) electrons. The predicted octanol–water partition coefficient (Wildman–Crippen LogP) is 3.28. The Kier molecular flexibility index (Phi) is 3.23. The SMILES string of the molecule is COc1cc(N)ccc1NC(=O)c1coc2ccccc12. The Morgan fingerprint density at radius 2 is 2.05 bits per heavy atom. The number of anilines is 2. The van der Waals surface area contributed by atoms with Crippen LogP contribution in [0.5, 0.6) is 5.75 Å². The number of hydrogen-bond acceptors (Lipinski definition) is 4. The summed E-state index contributed by atoms with van der Waals surface area (Å²) in [4.78, 5) is 12.4. The van der Waals surface area contributed by atoms with E-state index in [4.69, 9.17) is 14.9 Å². The van der Waals surface area contributed by atoms with E-state index in [1.807, 2.05) is 24.3 Å². The number of carbonyl (C=O) groups is 1. The number of amides is 1. The van der Waals surface area contributed by atoms with Crippen LogP contribution in [0.2, 0.25) is 0 Å². The number of rotatable bonds is 3. The molecule has 3 rings (SSSR count). The quantitative estimate of drug-likeness (QED) is 0.723. The van der Waals surface area contributed by atoms with Crippen LogP contribution >= 0.6 is 0 Å². The largest absolute Gasteiger partial charge is 0.494 e. The van der Waals surface area contributed by atoms with Gasteiger partial charge in [-0.25, -0.2) is 0 Å². The van der Waals surface area contributed by atoms with E-state index in [9.17, 15) is 4.79 Å². The van der Waals surface area contributed by atoms with Crippen molar-refractivity contribution in [1.29, 1.82) is 0 Å². The van der Waals surface area contributed by atoms with Crippen molar-refractivity contribution in [2.75, 3.05) is 18.2 Å². The van der Waals surface area contributed by atoms with Crippen LogP contribution in [0, 0.1) is 0 Å². The molecule has 0 unspecified atom stereocenters. The molecule has 0 bridgehead atoms. The number of nitrogens with two attached hydrogens (primary N) is 1. The highest BCUT2D eigenvalue weighted by Gasteiger charge is 2.15. The van der Waals surface area contributed by atoms with Gasteiger partial charge in [-0.15, -0.1) is 0 Å². The standard InChI is InChI=1S/C16H14N2O3/c1-20-15-8-10(17)6-7-13(15)18-16(19)12-9-21-14-5-3-2-4-11(12)14/h2-9H,17H2,1H3,(H,18,19). The maximum Gasteiger partial charge on any atom is 0.259 e. The number of para-hydroxylation sites is 1. The van der Waals surface area contributed by atoms with E-state index in [-0.39, 0.29) is 5.91 Å². The van der Waals surface area contributed by atoms with Crippen molar-refractivity contribution in [2.45, 2.75) is 0 Å². The fourth-order valence-corrected chi connectivity index (χ4v) is 2.15. The molecule has 5 nitrogen and oxygen atoms in total. The summed E-state index contributed by atoms with van der Waals surface area (Å²) in [6.07, 6.45) is 1.45. The molecule has 21 heavy (non-hydrogen) atoms. The lowest BCUT2D eigenvalue weighted by Crippen LogP contribution is -2.12. The highest BCUT2D eigenvalue weighted by Crippen LogP contribution is 2.28. The van der Waals surface area contributed by atoms with Crippen LogP contribution in [-0.4, -0.2) is 13.0 Å². The fourth-order valence-electron chi connectivity index (χ4n) is 2.15. The first-order valence-corrected chi connectivity index (χ1v) is 6.40. The van der Waals surface area contributed by atoms with Crippen LogP contribution in [-0.2, 0) is 0 Å². The number of carbonyl (C=O) groups excluding carboxylic acids is 1. The highest BCUT2D eigenvalue weighted by molar-refractivity contribution is 6.12. The molecule has 1 heterocycles. The van der Waals surface area contributed by atoms with Crippen molar-refractivity contribution < 1.29 is 13.9 Å². The van der Waals surface area contributed by atoms with E-state index in [1.54, 1.807) is 18.2 Å². The summed E-state index contributed by atoms with van der Waals surface area (Å²) in [7, 11) is 1.53. The summed E-state index contributed by atoms with van der Waals surface area (Å²) < 4.78 is 10.6. The highest BCUT2D eigenvalue weighted by atomic mass is 16.5. The minimum absolute atomic E-state index is 0.261. The Morgan fingerprint density at radius 1 is 1.24 bits per heavy atom. The van der Waals surface area contributed by atoms with Gasteiger partial charge in [-0.1, -0.05) is 18.2 Å². The summed E-state index contributed by atoms with van der Waals surface area (Å²) in [5, 5.41) is 3.57. The molecule has 106 valence electrons. The van der Waals surface area contributed by atoms with E-state index in [0.29, 0.717) is 28.3 Å². The van der Waals surface area contributed by atoms with Crippen molar-refractivity contribution >= 4 is 28.3 Å². The number of ether oxygens (including phenoxy) is 1. The molecule has 0 saturated carbocycles. The molecule has 1 amide bonds. The van der Waals surface area contributed by atoms with E-state index in [1.165, 1.54) is 13.4 Å². The van der Waals surface area contributed by atoms with Crippen molar-refractivity contribution in [2.24, 2.45) is 0 Å². The molecule has 1 aromatic heterocycles. The van der Waals surface area contributed by atoms with Gasteiger partial charge in [0.2, 0.25) is 0 Å². The lowest BCUT2D eigenvalue weighted by molar-refractivity contribution is 0.102. The van der Waals surface area contributed by atoms with Crippen LogP contribution in [0.3, 0.4) is 0 Å². The van der Waals surface area contributed by atoms with Crippen LogP contribution in [0.25, 0.3) is 11.0 Å². The molecule has 3 N–H and O–H groups in total. The third-order valence-corrected chi connectivity index (χ3v) is 3.20. The van der Waals surface area contributed by atoms with Gasteiger partial charge >= 0.3 is 0 Å². The van der Waals surface area contributed by atoms with Gasteiger partial charge < -0.3 is 20.2 Å². The number of furan rings is 1. The molecule has 0 spiro atoms. The molecule has 3 aromatic rings. The average molecular weight is 282 g/mol. The van der Waals surface area contributed by atoms with Gasteiger partial charge in [0.1, 0.15) is 17.6 Å². The Balaban J connectivity index is 1.93. The summed E-state index contributed by atoms with van der Waals surface area (Å²) in [5.74, 6) is 0.249. The number of nitrogens with one attached hydrogen (secondary N) is 1. The molecular formula is C16H14N2O3. The third-order valence-electron chi connectivity index (χ3n) is 3.20. The topological polar surface area (TPSA) is 77.5 Å². The minimum Gasteiger partial charge on any atom is -0.494 e.